The Hall–Kier alpha value is -1.18. The number of hydrogen-bond donors (Lipinski definition) is 4. The summed E-state index contributed by atoms with van der Waals surface area (Å²) in [5.74, 6) is -6.64. The van der Waals surface area contributed by atoms with Crippen molar-refractivity contribution in [3.8, 4) is 0 Å². The summed E-state index contributed by atoms with van der Waals surface area (Å²) in [5, 5.41) is 32.5. The van der Waals surface area contributed by atoms with E-state index in [1.807, 2.05) is 0 Å². The van der Waals surface area contributed by atoms with Crippen molar-refractivity contribution in [1.29, 1.82) is 0 Å². The van der Waals surface area contributed by atoms with Crippen LogP contribution in [-0.4, -0.2) is 38.3 Å². The van der Waals surface area contributed by atoms with Gasteiger partial charge in [0.1, 0.15) is 6.42 Å². The molecule has 0 aliphatic carbocycles. The molecule has 0 heterocycles. The van der Waals surface area contributed by atoms with E-state index in [0.717, 1.165) is 0 Å². The van der Waals surface area contributed by atoms with Gasteiger partial charge >= 0.3 is 17.7 Å². The number of rotatable bonds is 4. The van der Waals surface area contributed by atoms with Crippen LogP contribution >= 0.6 is 0 Å². The zero-order valence-electron chi connectivity index (χ0n) is 5.22. The fraction of sp³-hybridized carbons (Fsp3) is 0.500. The summed E-state index contributed by atoms with van der Waals surface area (Å²) in [5.41, 5.74) is 0. The molecule has 1 atom stereocenters. The van der Waals surface area contributed by atoms with Crippen LogP contribution in [0.3, 0.4) is 0 Å². The van der Waals surface area contributed by atoms with Gasteiger partial charge in [-0.3, -0.25) is 4.79 Å². The third kappa shape index (κ3) is 2.50. The van der Waals surface area contributed by atoms with Crippen LogP contribution in [0.1, 0.15) is 6.42 Å². The van der Waals surface area contributed by atoms with Crippen molar-refractivity contribution in [2.45, 2.75) is 12.2 Å². The summed E-state index contributed by atoms with van der Waals surface area (Å²) in [6.45, 7) is 0. The zero-order chi connectivity index (χ0) is 9.07. The number of hydrogen-bond acceptors (Lipinski definition) is 5. The van der Waals surface area contributed by atoms with Crippen molar-refractivity contribution in [2.24, 2.45) is 0 Å². The van der Waals surface area contributed by atoms with Gasteiger partial charge in [0.25, 0.3) is 0 Å². The van der Waals surface area contributed by atoms with Crippen LogP contribution in [0.2, 0.25) is 0 Å². The van der Waals surface area contributed by atoms with Crippen LogP contribution in [-0.2, 0) is 14.5 Å². The molecular weight excluding hydrogens is 160 g/mol. The van der Waals surface area contributed by atoms with Gasteiger partial charge in [0, 0.05) is 0 Å². The molecule has 0 aromatic rings. The Balaban J connectivity index is 4.34. The second-order valence-corrected chi connectivity index (χ2v) is 1.75. The second kappa shape index (κ2) is 3.28. The quantitative estimate of drug-likeness (QED) is 0.233. The minimum absolute atomic E-state index is 1.24. The number of carboxylic acid groups (broad SMARTS) is 2. The van der Waals surface area contributed by atoms with E-state index in [4.69, 9.17) is 20.6 Å². The molecule has 0 radical (unpaired) electrons. The highest BCUT2D eigenvalue weighted by Crippen LogP contribution is 2.10. The molecule has 0 saturated heterocycles. The molecule has 0 aliphatic rings. The largest absolute Gasteiger partial charge is 0.481 e. The third-order valence-corrected chi connectivity index (χ3v) is 0.876. The molecule has 64 valence electrons. The molecule has 7 heteroatoms. The Morgan fingerprint density at radius 2 is 1.82 bits per heavy atom. The van der Waals surface area contributed by atoms with Crippen LogP contribution in [0.5, 0.6) is 0 Å². The predicted molar refractivity (Wildman–Crippen MR) is 28.6 cm³/mol. The van der Waals surface area contributed by atoms with Crippen LogP contribution < -0.4 is 0 Å². The molecule has 0 rings (SSSR count). The maximum atomic E-state index is 9.99. The van der Waals surface area contributed by atoms with Crippen LogP contribution in [0.25, 0.3) is 0 Å². The Morgan fingerprint density at radius 1 is 1.36 bits per heavy atom. The minimum atomic E-state index is -3.06. The summed E-state index contributed by atoms with van der Waals surface area (Å²) >= 11 is 0. The van der Waals surface area contributed by atoms with Gasteiger partial charge in [-0.15, -0.1) is 0 Å². The number of aliphatic carboxylic acids is 2. The molecule has 0 aromatic heterocycles. The Morgan fingerprint density at radius 3 is 1.91 bits per heavy atom. The van der Waals surface area contributed by atoms with E-state index in [-0.39, 0.29) is 0 Å². The Bertz CT molecular complexity index is 175. The second-order valence-electron chi connectivity index (χ2n) is 1.75. The van der Waals surface area contributed by atoms with E-state index < -0.39 is 24.1 Å². The topological polar surface area (TPSA) is 124 Å². The lowest BCUT2D eigenvalue weighted by molar-refractivity contribution is -0.378. The lowest BCUT2D eigenvalue weighted by Gasteiger charge is -2.15. The SMILES string of the molecule is O=C(O)CC(O)(OO)C(=O)O. The fourth-order valence-electron chi connectivity index (χ4n) is 0.352. The van der Waals surface area contributed by atoms with E-state index in [1.54, 1.807) is 0 Å². The monoisotopic (exact) mass is 166 g/mol. The van der Waals surface area contributed by atoms with Gasteiger partial charge in [-0.25, -0.2) is 10.1 Å². The highest BCUT2D eigenvalue weighted by Gasteiger charge is 2.40. The van der Waals surface area contributed by atoms with E-state index in [0.29, 0.717) is 0 Å². The van der Waals surface area contributed by atoms with Gasteiger partial charge in [0.05, 0.1) is 0 Å². The third-order valence-electron chi connectivity index (χ3n) is 0.876. The van der Waals surface area contributed by atoms with Crippen molar-refractivity contribution in [3.05, 3.63) is 0 Å². The summed E-state index contributed by atoms with van der Waals surface area (Å²) in [6, 6.07) is 0. The lowest BCUT2D eigenvalue weighted by atomic mass is 10.2. The molecule has 0 fully saturated rings. The number of carbonyl (C=O) groups is 2. The van der Waals surface area contributed by atoms with E-state index in [9.17, 15) is 9.59 Å². The van der Waals surface area contributed by atoms with Crippen molar-refractivity contribution in [3.63, 3.8) is 0 Å². The summed E-state index contributed by atoms with van der Waals surface area (Å²) in [6.07, 6.45) is -1.24. The van der Waals surface area contributed by atoms with Crippen LogP contribution in [0.15, 0.2) is 0 Å². The molecule has 0 aromatic carbocycles. The average molecular weight is 166 g/mol. The van der Waals surface area contributed by atoms with Crippen molar-refractivity contribution in [2.75, 3.05) is 0 Å². The molecule has 7 nitrogen and oxygen atoms in total. The minimum Gasteiger partial charge on any atom is -0.481 e. The van der Waals surface area contributed by atoms with Crippen LogP contribution in [0, 0.1) is 0 Å². The fourth-order valence-corrected chi connectivity index (χ4v) is 0.352. The predicted octanol–water partition coefficient (Wildman–Crippen LogP) is -1.28. The van der Waals surface area contributed by atoms with Gasteiger partial charge in [-0.05, 0) is 0 Å². The Kier molecular flexibility index (Phi) is 2.93. The molecule has 0 saturated carbocycles. The molecule has 0 amide bonds. The summed E-state index contributed by atoms with van der Waals surface area (Å²) in [4.78, 5) is 22.9. The van der Waals surface area contributed by atoms with Gasteiger partial charge in [0.2, 0.25) is 0 Å². The maximum Gasteiger partial charge on any atom is 0.367 e. The van der Waals surface area contributed by atoms with Crippen LogP contribution in [0.4, 0.5) is 0 Å². The number of aliphatic hydroxyl groups is 1. The molecule has 0 aliphatic heterocycles. The normalized spacial score (nSPS) is 15.5. The molecule has 4 N–H and O–H groups in total. The first-order chi connectivity index (χ1) is 4.92. The first-order valence-electron chi connectivity index (χ1n) is 2.42. The smallest absolute Gasteiger partial charge is 0.367 e. The van der Waals surface area contributed by atoms with Gasteiger partial charge in [-0.1, -0.05) is 0 Å². The van der Waals surface area contributed by atoms with Gasteiger partial charge in [-0.2, -0.15) is 4.89 Å². The first-order valence-corrected chi connectivity index (χ1v) is 2.42. The first kappa shape index (κ1) is 9.82. The summed E-state index contributed by atoms with van der Waals surface area (Å²) < 4.78 is 0. The van der Waals surface area contributed by atoms with E-state index >= 15 is 0 Å². The lowest BCUT2D eigenvalue weighted by Crippen LogP contribution is -2.42. The van der Waals surface area contributed by atoms with E-state index in [1.165, 1.54) is 0 Å². The molecule has 0 spiro atoms. The van der Waals surface area contributed by atoms with E-state index in [2.05, 4.69) is 4.89 Å². The molecule has 0 bridgehead atoms. The molecular formula is C4H6O7. The van der Waals surface area contributed by atoms with Gasteiger partial charge in [0.15, 0.2) is 0 Å². The standard InChI is InChI=1S/C4H6O7/c5-2(6)1-4(9,11-10)3(7)8/h9-10H,1H2,(H,5,6)(H,7,8). The number of carboxylic acids is 2. The summed E-state index contributed by atoms with van der Waals surface area (Å²) in [7, 11) is 0. The highest BCUT2D eigenvalue weighted by molar-refractivity contribution is 5.81. The maximum absolute atomic E-state index is 9.99. The molecule has 1 unspecified atom stereocenters. The van der Waals surface area contributed by atoms with Crippen molar-refractivity contribution >= 4 is 11.9 Å². The average Bonchev–Trinajstić information content (AvgIpc) is 1.86. The molecule has 11 heavy (non-hydrogen) atoms. The van der Waals surface area contributed by atoms with Gasteiger partial charge < -0.3 is 15.3 Å². The zero-order valence-corrected chi connectivity index (χ0v) is 5.22. The van der Waals surface area contributed by atoms with Crippen molar-refractivity contribution in [1.82, 2.24) is 0 Å². The highest BCUT2D eigenvalue weighted by atomic mass is 17.1. The Labute approximate surface area is 60.4 Å². The van der Waals surface area contributed by atoms with Crippen molar-refractivity contribution < 1.29 is 35.1 Å².